The summed E-state index contributed by atoms with van der Waals surface area (Å²) in [6, 6.07) is 8.93. The van der Waals surface area contributed by atoms with Crippen LogP contribution in [0.5, 0.6) is 0 Å². The minimum absolute atomic E-state index is 0.0227. The van der Waals surface area contributed by atoms with E-state index in [1.165, 1.54) is 0 Å². The van der Waals surface area contributed by atoms with Crippen LogP contribution in [0, 0.1) is 0 Å². The van der Waals surface area contributed by atoms with Crippen LogP contribution in [0.2, 0.25) is 5.02 Å². The number of halogens is 1. The van der Waals surface area contributed by atoms with Crippen molar-refractivity contribution >= 4 is 27.6 Å². The van der Waals surface area contributed by atoms with Gasteiger partial charge >= 0.3 is 5.97 Å². The van der Waals surface area contributed by atoms with Crippen molar-refractivity contribution in [3.05, 3.63) is 52.7 Å². The van der Waals surface area contributed by atoms with Gasteiger partial charge in [-0.15, -0.1) is 0 Å². The zero-order valence-corrected chi connectivity index (χ0v) is 11.6. The van der Waals surface area contributed by atoms with Crippen molar-refractivity contribution in [2.24, 2.45) is 0 Å². The summed E-state index contributed by atoms with van der Waals surface area (Å²) in [7, 11) is -3.93. The van der Waals surface area contributed by atoms with Crippen LogP contribution in [0.4, 0.5) is 0 Å². The summed E-state index contributed by atoms with van der Waals surface area (Å²) in [5.74, 6) is -1.78. The topological polar surface area (TPSA) is 96.6 Å². The van der Waals surface area contributed by atoms with Gasteiger partial charge < -0.3 is 9.52 Å². The van der Waals surface area contributed by atoms with Gasteiger partial charge in [-0.25, -0.2) is 17.9 Å². The number of rotatable bonds is 5. The third kappa shape index (κ3) is 3.19. The summed E-state index contributed by atoms with van der Waals surface area (Å²) >= 11 is 5.91. The quantitative estimate of drug-likeness (QED) is 0.880. The molecule has 0 spiro atoms. The van der Waals surface area contributed by atoms with Crippen molar-refractivity contribution in [2.75, 3.05) is 0 Å². The van der Waals surface area contributed by atoms with E-state index in [0.717, 1.165) is 12.1 Å². The number of benzene rings is 1. The maximum absolute atomic E-state index is 11.9. The molecule has 106 valence electrons. The molecule has 0 aliphatic carbocycles. The average Bonchev–Trinajstić information content (AvgIpc) is 2.88. The second kappa shape index (κ2) is 5.66. The zero-order valence-electron chi connectivity index (χ0n) is 10.0. The van der Waals surface area contributed by atoms with E-state index in [-0.39, 0.29) is 6.54 Å². The SMILES string of the molecule is O=C(O)c1ccc(S(=O)(=O)NCc2ccccc2Cl)o1. The first-order valence-corrected chi connectivity index (χ1v) is 7.32. The van der Waals surface area contributed by atoms with Gasteiger partial charge in [0.1, 0.15) is 0 Å². The number of hydrogen-bond donors (Lipinski definition) is 2. The summed E-state index contributed by atoms with van der Waals surface area (Å²) in [6.07, 6.45) is 0. The molecule has 0 atom stereocenters. The standard InChI is InChI=1S/C12H10ClNO5S/c13-9-4-2-1-3-8(9)7-14-20(17,18)11-6-5-10(19-11)12(15)16/h1-6,14H,7H2,(H,15,16). The molecule has 0 aliphatic heterocycles. The van der Waals surface area contributed by atoms with E-state index >= 15 is 0 Å². The highest BCUT2D eigenvalue weighted by Gasteiger charge is 2.20. The van der Waals surface area contributed by atoms with Gasteiger partial charge in [0.15, 0.2) is 0 Å². The molecule has 2 aromatic rings. The van der Waals surface area contributed by atoms with Gasteiger partial charge in [0.2, 0.25) is 10.9 Å². The molecule has 2 rings (SSSR count). The molecule has 1 aromatic heterocycles. The molecular formula is C12H10ClNO5S. The van der Waals surface area contributed by atoms with Gasteiger partial charge in [-0.05, 0) is 23.8 Å². The lowest BCUT2D eigenvalue weighted by Crippen LogP contribution is -2.23. The number of carboxylic acids is 1. The van der Waals surface area contributed by atoms with Crippen LogP contribution in [-0.2, 0) is 16.6 Å². The smallest absolute Gasteiger partial charge is 0.371 e. The highest BCUT2D eigenvalue weighted by molar-refractivity contribution is 7.89. The normalized spacial score (nSPS) is 11.4. The number of carbonyl (C=O) groups is 1. The Hall–Kier alpha value is -1.83. The molecule has 0 amide bonds. The van der Waals surface area contributed by atoms with Crippen molar-refractivity contribution in [2.45, 2.75) is 11.6 Å². The third-order valence-corrected chi connectivity index (χ3v) is 4.11. The van der Waals surface area contributed by atoms with E-state index in [1.54, 1.807) is 24.3 Å². The van der Waals surface area contributed by atoms with Crippen LogP contribution in [-0.4, -0.2) is 19.5 Å². The van der Waals surface area contributed by atoms with Crippen LogP contribution < -0.4 is 4.72 Å². The predicted molar refractivity (Wildman–Crippen MR) is 71.1 cm³/mol. The molecule has 0 saturated carbocycles. The summed E-state index contributed by atoms with van der Waals surface area (Å²) in [6.45, 7) is -0.0227. The minimum atomic E-state index is -3.93. The van der Waals surface area contributed by atoms with Crippen LogP contribution >= 0.6 is 11.6 Å². The van der Waals surface area contributed by atoms with E-state index in [0.29, 0.717) is 10.6 Å². The van der Waals surface area contributed by atoms with E-state index in [2.05, 4.69) is 4.72 Å². The van der Waals surface area contributed by atoms with Crippen molar-refractivity contribution in [3.8, 4) is 0 Å². The second-order valence-electron chi connectivity index (χ2n) is 3.84. The van der Waals surface area contributed by atoms with Crippen LogP contribution in [0.25, 0.3) is 0 Å². The van der Waals surface area contributed by atoms with E-state index < -0.39 is 26.8 Å². The Morgan fingerprint density at radius 3 is 2.55 bits per heavy atom. The highest BCUT2D eigenvalue weighted by Crippen LogP contribution is 2.17. The highest BCUT2D eigenvalue weighted by atomic mass is 35.5. The lowest BCUT2D eigenvalue weighted by atomic mass is 10.2. The summed E-state index contributed by atoms with van der Waals surface area (Å²) in [5.41, 5.74) is 0.600. The van der Waals surface area contributed by atoms with Gasteiger partial charge in [-0.1, -0.05) is 29.8 Å². The molecule has 6 nitrogen and oxygen atoms in total. The molecule has 1 heterocycles. The fourth-order valence-electron chi connectivity index (χ4n) is 1.47. The minimum Gasteiger partial charge on any atom is -0.475 e. The van der Waals surface area contributed by atoms with Crippen LogP contribution in [0.3, 0.4) is 0 Å². The number of nitrogens with one attached hydrogen (secondary N) is 1. The van der Waals surface area contributed by atoms with E-state index in [4.69, 9.17) is 21.1 Å². The summed E-state index contributed by atoms with van der Waals surface area (Å²) in [5, 5.41) is 8.66. The number of hydrogen-bond acceptors (Lipinski definition) is 4. The Labute approximate surface area is 120 Å². The second-order valence-corrected chi connectivity index (χ2v) is 5.94. The van der Waals surface area contributed by atoms with E-state index in [9.17, 15) is 13.2 Å². The first kappa shape index (κ1) is 14.6. The monoisotopic (exact) mass is 315 g/mol. The molecule has 0 fully saturated rings. The molecule has 20 heavy (non-hydrogen) atoms. The number of furan rings is 1. The van der Waals surface area contributed by atoms with Gasteiger partial charge in [0.05, 0.1) is 0 Å². The third-order valence-electron chi connectivity index (χ3n) is 2.47. The molecule has 0 saturated heterocycles. The maximum Gasteiger partial charge on any atom is 0.371 e. The van der Waals surface area contributed by atoms with E-state index in [1.807, 2.05) is 0 Å². The average molecular weight is 316 g/mol. The Morgan fingerprint density at radius 1 is 1.25 bits per heavy atom. The molecule has 8 heteroatoms. The molecule has 0 aliphatic rings. The molecule has 0 unspecified atom stereocenters. The van der Waals surface area contributed by atoms with Crippen molar-refractivity contribution in [3.63, 3.8) is 0 Å². The molecule has 0 radical (unpaired) electrons. The Morgan fingerprint density at radius 2 is 1.95 bits per heavy atom. The summed E-state index contributed by atoms with van der Waals surface area (Å²) in [4.78, 5) is 10.6. The fourth-order valence-corrected chi connectivity index (χ4v) is 2.60. The summed E-state index contributed by atoms with van der Waals surface area (Å²) < 4.78 is 30.9. The Balaban J connectivity index is 2.15. The maximum atomic E-state index is 11.9. The molecule has 0 bridgehead atoms. The predicted octanol–water partition coefficient (Wildman–Crippen LogP) is 2.11. The fraction of sp³-hybridized carbons (Fsp3) is 0.0833. The van der Waals surface area contributed by atoms with Crippen molar-refractivity contribution in [1.29, 1.82) is 0 Å². The van der Waals surface area contributed by atoms with Crippen LogP contribution in [0.1, 0.15) is 16.1 Å². The van der Waals surface area contributed by atoms with Gasteiger partial charge in [-0.3, -0.25) is 0 Å². The van der Waals surface area contributed by atoms with Gasteiger partial charge in [0, 0.05) is 11.6 Å². The first-order valence-electron chi connectivity index (χ1n) is 5.46. The molecule has 2 N–H and O–H groups in total. The molecular weight excluding hydrogens is 306 g/mol. The number of aromatic carboxylic acids is 1. The molecule has 1 aromatic carbocycles. The lowest BCUT2D eigenvalue weighted by Gasteiger charge is -2.05. The number of carboxylic acid groups (broad SMARTS) is 1. The lowest BCUT2D eigenvalue weighted by molar-refractivity contribution is 0.0656. The van der Waals surface area contributed by atoms with Gasteiger partial charge in [-0.2, -0.15) is 0 Å². The first-order chi connectivity index (χ1) is 9.40. The largest absolute Gasteiger partial charge is 0.475 e. The van der Waals surface area contributed by atoms with Crippen LogP contribution in [0.15, 0.2) is 45.9 Å². The van der Waals surface area contributed by atoms with Gasteiger partial charge in [0.25, 0.3) is 10.0 Å². The van der Waals surface area contributed by atoms with Crippen molar-refractivity contribution < 1.29 is 22.7 Å². The number of sulfonamides is 1. The Bertz CT molecular complexity index is 738. The van der Waals surface area contributed by atoms with Crippen molar-refractivity contribution in [1.82, 2.24) is 4.72 Å². The Kier molecular flexibility index (Phi) is 4.12. The zero-order chi connectivity index (χ0) is 14.8.